The first-order valence-corrected chi connectivity index (χ1v) is 7.27. The largest absolute Gasteiger partial charge is 0.379 e. The molecule has 2 aliphatic rings. The summed E-state index contributed by atoms with van der Waals surface area (Å²) in [6.07, 6.45) is 0.601. The normalized spacial score (nSPS) is 29.0. The summed E-state index contributed by atoms with van der Waals surface area (Å²) in [7, 11) is 0. The lowest BCUT2D eigenvalue weighted by Gasteiger charge is -2.46. The van der Waals surface area contributed by atoms with Crippen molar-refractivity contribution in [3.8, 4) is 6.07 Å². The summed E-state index contributed by atoms with van der Waals surface area (Å²) in [5, 5.41) is 12.3. The van der Waals surface area contributed by atoms with Gasteiger partial charge in [-0.05, 0) is 13.8 Å². The minimum atomic E-state index is 0.179. The van der Waals surface area contributed by atoms with Crippen molar-refractivity contribution in [2.24, 2.45) is 0 Å². The number of hydrogen-bond donors (Lipinski definition) is 1. The van der Waals surface area contributed by atoms with Crippen LogP contribution < -0.4 is 5.32 Å². The number of nitriles is 1. The Morgan fingerprint density at radius 1 is 1.32 bits per heavy atom. The van der Waals surface area contributed by atoms with Gasteiger partial charge < -0.3 is 10.1 Å². The Morgan fingerprint density at radius 3 is 2.74 bits per heavy atom. The van der Waals surface area contributed by atoms with E-state index in [-0.39, 0.29) is 5.54 Å². The van der Waals surface area contributed by atoms with E-state index in [0.717, 1.165) is 52.5 Å². The van der Waals surface area contributed by atoms with Gasteiger partial charge in [-0.25, -0.2) is 0 Å². The number of nitrogens with zero attached hydrogens (tertiary/aromatic N) is 3. The monoisotopic (exact) mass is 266 g/mol. The van der Waals surface area contributed by atoms with E-state index >= 15 is 0 Å². The van der Waals surface area contributed by atoms with Crippen molar-refractivity contribution in [2.75, 3.05) is 52.5 Å². The van der Waals surface area contributed by atoms with E-state index in [1.807, 2.05) is 0 Å². The van der Waals surface area contributed by atoms with Gasteiger partial charge in [0.15, 0.2) is 0 Å². The van der Waals surface area contributed by atoms with Crippen LogP contribution in [0.1, 0.15) is 20.3 Å². The van der Waals surface area contributed by atoms with Crippen molar-refractivity contribution < 1.29 is 4.74 Å². The van der Waals surface area contributed by atoms with Gasteiger partial charge in [0.25, 0.3) is 0 Å². The molecule has 0 aromatic heterocycles. The van der Waals surface area contributed by atoms with Gasteiger partial charge in [-0.2, -0.15) is 5.26 Å². The Hall–Kier alpha value is -0.670. The summed E-state index contributed by atoms with van der Waals surface area (Å²) in [5.41, 5.74) is 0.179. The second kappa shape index (κ2) is 6.67. The van der Waals surface area contributed by atoms with Gasteiger partial charge in [-0.1, -0.05) is 0 Å². The van der Waals surface area contributed by atoms with Gasteiger partial charge in [-0.3, -0.25) is 9.80 Å². The van der Waals surface area contributed by atoms with Crippen molar-refractivity contribution in [1.82, 2.24) is 15.1 Å². The molecule has 0 aromatic carbocycles. The maximum Gasteiger partial charge on any atom is 0.0638 e. The first-order chi connectivity index (χ1) is 9.12. The SMILES string of the molecule is CC1(C)CNC(CC#N)CN1CCN1CCOCC1. The van der Waals surface area contributed by atoms with Crippen LogP contribution in [0, 0.1) is 11.3 Å². The molecule has 2 rings (SSSR count). The zero-order chi connectivity index (χ0) is 13.7. The van der Waals surface area contributed by atoms with Crippen LogP contribution in [0.2, 0.25) is 0 Å². The molecule has 0 aromatic rings. The topological polar surface area (TPSA) is 51.5 Å². The van der Waals surface area contributed by atoms with Gasteiger partial charge >= 0.3 is 0 Å². The second-order valence-corrected chi connectivity index (χ2v) is 6.15. The highest BCUT2D eigenvalue weighted by Gasteiger charge is 2.33. The lowest BCUT2D eigenvalue weighted by Crippen LogP contribution is -2.63. The predicted molar refractivity (Wildman–Crippen MR) is 74.9 cm³/mol. The van der Waals surface area contributed by atoms with E-state index < -0.39 is 0 Å². The number of morpholine rings is 1. The molecule has 1 N–H and O–H groups in total. The van der Waals surface area contributed by atoms with Crippen molar-refractivity contribution in [1.29, 1.82) is 5.26 Å². The minimum absolute atomic E-state index is 0.179. The molecule has 0 amide bonds. The first kappa shape index (κ1) is 14.7. The summed E-state index contributed by atoms with van der Waals surface area (Å²) in [4.78, 5) is 5.00. The van der Waals surface area contributed by atoms with Crippen LogP contribution >= 0.6 is 0 Å². The van der Waals surface area contributed by atoms with Gasteiger partial charge in [-0.15, -0.1) is 0 Å². The van der Waals surface area contributed by atoms with Crippen LogP contribution in [0.4, 0.5) is 0 Å². The second-order valence-electron chi connectivity index (χ2n) is 6.15. The molecule has 1 atom stereocenters. The van der Waals surface area contributed by atoms with Crippen molar-refractivity contribution in [3.63, 3.8) is 0 Å². The third kappa shape index (κ3) is 4.15. The number of hydrogen-bond acceptors (Lipinski definition) is 5. The van der Waals surface area contributed by atoms with Crippen molar-refractivity contribution in [3.05, 3.63) is 0 Å². The lowest BCUT2D eigenvalue weighted by molar-refractivity contribution is 0.0160. The molecule has 2 heterocycles. The van der Waals surface area contributed by atoms with Gasteiger partial charge in [0.1, 0.15) is 0 Å². The molecule has 2 aliphatic heterocycles. The number of rotatable bonds is 4. The molecular weight excluding hydrogens is 240 g/mol. The molecule has 0 radical (unpaired) electrons. The molecule has 5 heteroatoms. The fourth-order valence-corrected chi connectivity index (χ4v) is 2.81. The highest BCUT2D eigenvalue weighted by Crippen LogP contribution is 2.19. The standard InChI is InChI=1S/C14H26N4O/c1-14(2)12-16-13(3-4-15)11-18(14)6-5-17-7-9-19-10-8-17/h13,16H,3,5-12H2,1-2H3. The van der Waals surface area contributed by atoms with Gasteiger partial charge in [0, 0.05) is 50.8 Å². The van der Waals surface area contributed by atoms with Crippen LogP contribution in [0.3, 0.4) is 0 Å². The van der Waals surface area contributed by atoms with Crippen molar-refractivity contribution in [2.45, 2.75) is 31.8 Å². The van der Waals surface area contributed by atoms with Gasteiger partial charge in [0.2, 0.25) is 0 Å². The minimum Gasteiger partial charge on any atom is -0.379 e. The summed E-state index contributed by atoms with van der Waals surface area (Å²) in [5.74, 6) is 0. The van der Waals surface area contributed by atoms with E-state index in [1.165, 1.54) is 0 Å². The Morgan fingerprint density at radius 2 is 2.05 bits per heavy atom. The van der Waals surface area contributed by atoms with E-state index in [4.69, 9.17) is 10.00 Å². The molecule has 19 heavy (non-hydrogen) atoms. The average Bonchev–Trinajstić information content (AvgIpc) is 2.41. The summed E-state index contributed by atoms with van der Waals surface area (Å²) in [6, 6.07) is 2.60. The number of nitrogens with one attached hydrogen (secondary N) is 1. The molecule has 2 fully saturated rings. The summed E-state index contributed by atoms with van der Waals surface area (Å²) < 4.78 is 5.38. The first-order valence-electron chi connectivity index (χ1n) is 7.27. The molecule has 1 unspecified atom stereocenters. The van der Waals surface area contributed by atoms with Crippen LogP contribution in [-0.2, 0) is 4.74 Å². The fourth-order valence-electron chi connectivity index (χ4n) is 2.81. The van der Waals surface area contributed by atoms with Crippen LogP contribution in [0.15, 0.2) is 0 Å². The van der Waals surface area contributed by atoms with E-state index in [1.54, 1.807) is 0 Å². The molecule has 0 bridgehead atoms. The van der Waals surface area contributed by atoms with Crippen molar-refractivity contribution >= 4 is 0 Å². The Balaban J connectivity index is 1.82. The lowest BCUT2D eigenvalue weighted by atomic mass is 9.96. The highest BCUT2D eigenvalue weighted by molar-refractivity contribution is 4.95. The van der Waals surface area contributed by atoms with Crippen LogP contribution in [0.25, 0.3) is 0 Å². The Kier molecular flexibility index (Phi) is 5.17. The quantitative estimate of drug-likeness (QED) is 0.792. The maximum atomic E-state index is 8.84. The summed E-state index contributed by atoms with van der Waals surface area (Å²) >= 11 is 0. The van der Waals surface area contributed by atoms with E-state index in [9.17, 15) is 0 Å². The third-order valence-corrected chi connectivity index (χ3v) is 4.25. The molecular formula is C14H26N4O. The maximum absolute atomic E-state index is 8.84. The Labute approximate surface area is 116 Å². The number of ether oxygens (including phenoxy) is 1. The third-order valence-electron chi connectivity index (χ3n) is 4.25. The van der Waals surface area contributed by atoms with Crippen LogP contribution in [-0.4, -0.2) is 73.9 Å². The number of piperazine rings is 1. The summed E-state index contributed by atoms with van der Waals surface area (Å²) in [6.45, 7) is 12.5. The smallest absolute Gasteiger partial charge is 0.0638 e. The molecule has 0 spiro atoms. The van der Waals surface area contributed by atoms with E-state index in [2.05, 4.69) is 35.0 Å². The highest BCUT2D eigenvalue weighted by atomic mass is 16.5. The van der Waals surface area contributed by atoms with Gasteiger partial charge in [0.05, 0.1) is 25.7 Å². The zero-order valence-electron chi connectivity index (χ0n) is 12.2. The van der Waals surface area contributed by atoms with Crippen LogP contribution in [0.5, 0.6) is 0 Å². The zero-order valence-corrected chi connectivity index (χ0v) is 12.2. The fraction of sp³-hybridized carbons (Fsp3) is 0.929. The van der Waals surface area contributed by atoms with E-state index in [0.29, 0.717) is 12.5 Å². The average molecular weight is 266 g/mol. The Bertz CT molecular complexity index is 320. The molecule has 5 nitrogen and oxygen atoms in total. The molecule has 0 saturated carbocycles. The predicted octanol–water partition coefficient (Wildman–Crippen LogP) is 0.285. The molecule has 2 saturated heterocycles. The molecule has 0 aliphatic carbocycles. The molecule has 108 valence electrons.